The number of rotatable bonds is 4. The molecule has 0 spiro atoms. The Bertz CT molecular complexity index is 342. The molecule has 7 nitrogen and oxygen atoms in total. The van der Waals surface area contributed by atoms with Gasteiger partial charge in [0.05, 0.1) is 12.8 Å². The number of aromatic hydroxyl groups is 1. The molecule has 0 fully saturated rings. The van der Waals surface area contributed by atoms with E-state index < -0.39 is 11.8 Å². The molecule has 0 saturated carbocycles. The quantitative estimate of drug-likeness (QED) is 0.551. The number of carbonyl (C=O) groups excluding carboxylic acids is 1. The average Bonchev–Trinajstić information content (AvgIpc) is 2.16. The molecule has 76 valence electrons. The van der Waals surface area contributed by atoms with Crippen molar-refractivity contribution in [3.05, 3.63) is 11.9 Å². The molecule has 7 heteroatoms. The van der Waals surface area contributed by atoms with Crippen LogP contribution in [0.4, 0.5) is 0 Å². The lowest BCUT2D eigenvalue weighted by atomic mass is 10.4. The Kier molecular flexibility index (Phi) is 3.19. The van der Waals surface area contributed by atoms with Crippen molar-refractivity contribution in [1.82, 2.24) is 9.97 Å². The van der Waals surface area contributed by atoms with Crippen molar-refractivity contribution in [3.8, 4) is 11.8 Å². The molecule has 0 unspecified atom stereocenters. The number of aromatic nitrogens is 2. The second-order valence-electron chi connectivity index (χ2n) is 2.32. The number of hydrogen-bond donors (Lipinski definition) is 3. The number of carbonyl (C=O) groups is 1. The van der Waals surface area contributed by atoms with Gasteiger partial charge in [-0.15, -0.1) is 0 Å². The number of nitrogens with two attached hydrogens (primary N) is 1. The minimum atomic E-state index is -0.899. The van der Waals surface area contributed by atoms with E-state index in [9.17, 15) is 4.79 Å². The van der Waals surface area contributed by atoms with E-state index in [4.69, 9.17) is 20.7 Å². The maximum atomic E-state index is 10.7. The van der Waals surface area contributed by atoms with Crippen LogP contribution < -0.4 is 10.5 Å². The van der Waals surface area contributed by atoms with Crippen molar-refractivity contribution in [2.75, 3.05) is 13.2 Å². The van der Waals surface area contributed by atoms with Crippen LogP contribution in [0, 0.1) is 0 Å². The summed E-state index contributed by atoms with van der Waals surface area (Å²) in [5, 5.41) is 17.5. The van der Waals surface area contributed by atoms with Gasteiger partial charge >= 0.3 is 0 Å². The average molecular weight is 199 g/mol. The summed E-state index contributed by atoms with van der Waals surface area (Å²) in [6, 6.07) is 0. The molecule has 1 amide bonds. The summed E-state index contributed by atoms with van der Waals surface area (Å²) < 4.78 is 4.86. The first-order valence-corrected chi connectivity index (χ1v) is 3.74. The highest BCUT2D eigenvalue weighted by Crippen LogP contribution is 2.13. The van der Waals surface area contributed by atoms with Crippen LogP contribution in [0.25, 0.3) is 0 Å². The predicted octanol–water partition coefficient (Wildman–Crippen LogP) is -1.35. The summed E-state index contributed by atoms with van der Waals surface area (Å²) in [6.07, 6.45) is 1.12. The zero-order chi connectivity index (χ0) is 10.6. The fraction of sp³-hybridized carbons (Fsp3) is 0.286. The van der Waals surface area contributed by atoms with E-state index in [1.165, 1.54) is 0 Å². The summed E-state index contributed by atoms with van der Waals surface area (Å²) in [6.45, 7) is -0.161. The first-order chi connectivity index (χ1) is 6.65. The zero-order valence-electron chi connectivity index (χ0n) is 7.17. The van der Waals surface area contributed by atoms with Gasteiger partial charge in [0.15, 0.2) is 5.69 Å². The SMILES string of the molecule is NC(=O)c1nc(OCCO)cnc1O. The van der Waals surface area contributed by atoms with Gasteiger partial charge in [-0.05, 0) is 0 Å². The van der Waals surface area contributed by atoms with Crippen LogP contribution in [-0.2, 0) is 0 Å². The maximum Gasteiger partial charge on any atom is 0.273 e. The Morgan fingerprint density at radius 1 is 1.64 bits per heavy atom. The molecule has 0 aromatic carbocycles. The third-order valence-electron chi connectivity index (χ3n) is 1.31. The first kappa shape index (κ1) is 10.2. The number of primary amides is 1. The van der Waals surface area contributed by atoms with Crippen LogP contribution in [-0.4, -0.2) is 39.3 Å². The highest BCUT2D eigenvalue weighted by Gasteiger charge is 2.12. The Morgan fingerprint density at radius 3 is 2.93 bits per heavy atom. The molecule has 0 aliphatic heterocycles. The number of aliphatic hydroxyl groups is 1. The monoisotopic (exact) mass is 199 g/mol. The highest BCUT2D eigenvalue weighted by atomic mass is 16.5. The molecule has 1 heterocycles. The van der Waals surface area contributed by atoms with Crippen molar-refractivity contribution in [1.29, 1.82) is 0 Å². The van der Waals surface area contributed by atoms with Crippen molar-refractivity contribution in [2.24, 2.45) is 5.73 Å². The van der Waals surface area contributed by atoms with Crippen molar-refractivity contribution >= 4 is 5.91 Å². The summed E-state index contributed by atoms with van der Waals surface area (Å²) in [5.74, 6) is -1.43. The molecule has 1 aromatic heterocycles. The molecule has 0 radical (unpaired) electrons. The lowest BCUT2D eigenvalue weighted by molar-refractivity contribution is 0.0990. The van der Waals surface area contributed by atoms with Gasteiger partial charge in [0.25, 0.3) is 5.91 Å². The fourth-order valence-corrected chi connectivity index (χ4v) is 0.752. The lowest BCUT2D eigenvalue weighted by Crippen LogP contribution is -2.15. The Morgan fingerprint density at radius 2 is 2.36 bits per heavy atom. The molecule has 4 N–H and O–H groups in total. The van der Waals surface area contributed by atoms with Gasteiger partial charge < -0.3 is 20.7 Å². The molecule has 0 bridgehead atoms. The van der Waals surface area contributed by atoms with Crippen LogP contribution in [0.2, 0.25) is 0 Å². The van der Waals surface area contributed by atoms with E-state index in [1.807, 2.05) is 0 Å². The molecular weight excluding hydrogens is 190 g/mol. The third-order valence-corrected chi connectivity index (χ3v) is 1.31. The van der Waals surface area contributed by atoms with Crippen molar-refractivity contribution in [2.45, 2.75) is 0 Å². The second kappa shape index (κ2) is 4.38. The lowest BCUT2D eigenvalue weighted by Gasteiger charge is -2.04. The molecule has 0 aliphatic carbocycles. The molecule has 0 saturated heterocycles. The van der Waals surface area contributed by atoms with E-state index in [2.05, 4.69) is 9.97 Å². The Balaban J connectivity index is 2.89. The van der Waals surface area contributed by atoms with Crippen LogP contribution in [0.3, 0.4) is 0 Å². The topological polar surface area (TPSA) is 119 Å². The standard InChI is InChI=1S/C7H9N3O4/c8-6(12)5-7(13)9-3-4(10-5)14-2-1-11/h3,11H,1-2H2,(H2,8,12)(H,9,13). The number of nitrogens with zero attached hydrogens (tertiary/aromatic N) is 2. The molecule has 0 aliphatic rings. The van der Waals surface area contributed by atoms with Crippen LogP contribution in [0.15, 0.2) is 6.20 Å². The van der Waals surface area contributed by atoms with E-state index >= 15 is 0 Å². The zero-order valence-corrected chi connectivity index (χ0v) is 7.17. The van der Waals surface area contributed by atoms with Gasteiger partial charge in [-0.1, -0.05) is 0 Å². The molecule has 0 atom stereocenters. The minimum absolute atomic E-state index is 0.0191. The highest BCUT2D eigenvalue weighted by molar-refractivity contribution is 5.92. The van der Waals surface area contributed by atoms with Gasteiger partial charge in [0, 0.05) is 0 Å². The van der Waals surface area contributed by atoms with Crippen LogP contribution in [0.5, 0.6) is 11.8 Å². The van der Waals surface area contributed by atoms with E-state index in [-0.39, 0.29) is 24.8 Å². The number of aliphatic hydroxyl groups excluding tert-OH is 1. The smallest absolute Gasteiger partial charge is 0.273 e. The normalized spacial score (nSPS) is 9.79. The summed E-state index contributed by atoms with van der Waals surface area (Å²) in [7, 11) is 0. The fourth-order valence-electron chi connectivity index (χ4n) is 0.752. The second-order valence-corrected chi connectivity index (χ2v) is 2.32. The predicted molar refractivity (Wildman–Crippen MR) is 44.8 cm³/mol. The number of amides is 1. The number of hydrogen-bond acceptors (Lipinski definition) is 6. The minimum Gasteiger partial charge on any atom is -0.492 e. The van der Waals surface area contributed by atoms with E-state index in [0.29, 0.717) is 0 Å². The summed E-state index contributed by atoms with van der Waals surface area (Å²) >= 11 is 0. The molecule has 14 heavy (non-hydrogen) atoms. The first-order valence-electron chi connectivity index (χ1n) is 3.74. The maximum absolute atomic E-state index is 10.7. The van der Waals surface area contributed by atoms with Crippen LogP contribution in [0.1, 0.15) is 10.5 Å². The summed E-state index contributed by atoms with van der Waals surface area (Å²) in [4.78, 5) is 17.7. The van der Waals surface area contributed by atoms with Gasteiger partial charge in [-0.3, -0.25) is 4.79 Å². The summed E-state index contributed by atoms with van der Waals surface area (Å²) in [5.41, 5.74) is 4.55. The van der Waals surface area contributed by atoms with Gasteiger partial charge in [0.2, 0.25) is 11.8 Å². The Labute approximate surface area is 79.2 Å². The van der Waals surface area contributed by atoms with Crippen molar-refractivity contribution in [3.63, 3.8) is 0 Å². The van der Waals surface area contributed by atoms with Crippen molar-refractivity contribution < 1.29 is 19.7 Å². The van der Waals surface area contributed by atoms with Gasteiger partial charge in [-0.2, -0.15) is 0 Å². The third kappa shape index (κ3) is 2.30. The number of ether oxygens (including phenoxy) is 1. The van der Waals surface area contributed by atoms with E-state index in [1.54, 1.807) is 0 Å². The van der Waals surface area contributed by atoms with Gasteiger partial charge in [-0.25, -0.2) is 9.97 Å². The molecule has 1 rings (SSSR count). The van der Waals surface area contributed by atoms with Gasteiger partial charge in [0.1, 0.15) is 6.61 Å². The molecular formula is C7H9N3O4. The largest absolute Gasteiger partial charge is 0.492 e. The van der Waals surface area contributed by atoms with Crippen LogP contribution >= 0.6 is 0 Å². The molecule has 1 aromatic rings. The Hall–Kier alpha value is -1.89. The van der Waals surface area contributed by atoms with E-state index in [0.717, 1.165) is 6.20 Å².